The van der Waals surface area contributed by atoms with Gasteiger partial charge in [-0.3, -0.25) is 0 Å². The monoisotopic (exact) mass is 334 g/mol. The van der Waals surface area contributed by atoms with Crippen molar-refractivity contribution in [1.29, 1.82) is 0 Å². The van der Waals surface area contributed by atoms with Crippen molar-refractivity contribution in [1.82, 2.24) is 9.97 Å². The van der Waals surface area contributed by atoms with Gasteiger partial charge in [-0.1, -0.05) is 18.2 Å². The molecule has 20 heavy (non-hydrogen) atoms. The summed E-state index contributed by atoms with van der Waals surface area (Å²) in [5.41, 5.74) is 2.39. The highest BCUT2D eigenvalue weighted by Gasteiger charge is 2.16. The van der Waals surface area contributed by atoms with E-state index >= 15 is 0 Å². The maximum absolute atomic E-state index is 4.44. The number of para-hydroxylation sites is 1. The predicted octanol–water partition coefficient (Wildman–Crippen LogP) is 4.14. The van der Waals surface area contributed by atoms with E-state index < -0.39 is 0 Å². The van der Waals surface area contributed by atoms with Crippen LogP contribution in [-0.2, 0) is 0 Å². The lowest BCUT2D eigenvalue weighted by Gasteiger charge is -2.25. The van der Waals surface area contributed by atoms with Crippen LogP contribution in [0.5, 0.6) is 0 Å². The highest BCUT2D eigenvalue weighted by molar-refractivity contribution is 9.10. The van der Waals surface area contributed by atoms with Crippen LogP contribution in [-0.4, -0.2) is 23.1 Å². The average molecular weight is 335 g/mol. The Balaban J connectivity index is 2.48. The number of aryl methyl sites for hydroxylation is 1. The highest BCUT2D eigenvalue weighted by atomic mass is 79.9. The summed E-state index contributed by atoms with van der Waals surface area (Å²) >= 11 is 3.62. The quantitative estimate of drug-likeness (QED) is 0.892. The van der Waals surface area contributed by atoms with Crippen LogP contribution in [0.3, 0.4) is 0 Å². The first kappa shape index (κ1) is 14.8. The lowest BCUT2D eigenvalue weighted by Crippen LogP contribution is -2.19. The second kappa shape index (κ2) is 6.70. The van der Waals surface area contributed by atoms with E-state index in [1.807, 2.05) is 19.1 Å². The van der Waals surface area contributed by atoms with E-state index in [1.165, 1.54) is 5.56 Å². The Morgan fingerprint density at radius 3 is 2.60 bits per heavy atom. The molecule has 0 radical (unpaired) electrons. The van der Waals surface area contributed by atoms with Gasteiger partial charge in [0.1, 0.15) is 16.6 Å². The Morgan fingerprint density at radius 1 is 1.20 bits per heavy atom. The first-order valence-corrected chi connectivity index (χ1v) is 7.55. The lowest BCUT2D eigenvalue weighted by molar-refractivity contribution is 0.961. The van der Waals surface area contributed by atoms with E-state index in [-0.39, 0.29) is 0 Å². The molecule has 0 atom stereocenters. The summed E-state index contributed by atoms with van der Waals surface area (Å²) in [6, 6.07) is 8.32. The molecule has 0 saturated heterocycles. The number of nitrogens with one attached hydrogen (secondary N) is 1. The molecule has 5 heteroatoms. The normalized spacial score (nSPS) is 10.4. The van der Waals surface area contributed by atoms with Gasteiger partial charge in [0.2, 0.25) is 0 Å². The average Bonchev–Trinajstić information content (AvgIpc) is 2.45. The Morgan fingerprint density at radius 2 is 1.95 bits per heavy atom. The largest absolute Gasteiger partial charge is 0.369 e. The fraction of sp³-hybridized carbons (Fsp3) is 0.333. The molecule has 1 aromatic heterocycles. The number of halogens is 1. The van der Waals surface area contributed by atoms with Gasteiger partial charge in [-0.15, -0.1) is 0 Å². The molecule has 0 aliphatic carbocycles. The van der Waals surface area contributed by atoms with Crippen molar-refractivity contribution < 1.29 is 0 Å². The summed E-state index contributed by atoms with van der Waals surface area (Å²) in [6.45, 7) is 7.94. The molecule has 0 amide bonds. The van der Waals surface area contributed by atoms with Crippen molar-refractivity contribution in [2.24, 2.45) is 0 Å². The second-order valence-corrected chi connectivity index (χ2v) is 5.21. The SMILES string of the molecule is CCNc1ncnc(N(CC)c2ccccc2C)c1Br. The van der Waals surface area contributed by atoms with Crippen LogP contribution in [0.25, 0.3) is 0 Å². The molecular formula is C15H19BrN4. The van der Waals surface area contributed by atoms with Gasteiger partial charge in [-0.25, -0.2) is 9.97 Å². The van der Waals surface area contributed by atoms with Crippen molar-refractivity contribution >= 4 is 33.3 Å². The molecule has 1 aromatic carbocycles. The van der Waals surface area contributed by atoms with E-state index in [4.69, 9.17) is 0 Å². The van der Waals surface area contributed by atoms with Gasteiger partial charge in [-0.2, -0.15) is 0 Å². The molecule has 0 unspecified atom stereocenters. The number of rotatable bonds is 5. The van der Waals surface area contributed by atoms with E-state index in [9.17, 15) is 0 Å². The molecule has 0 aliphatic rings. The summed E-state index contributed by atoms with van der Waals surface area (Å²) in [5.74, 6) is 1.71. The number of hydrogen-bond donors (Lipinski definition) is 1. The Kier molecular flexibility index (Phi) is 4.95. The van der Waals surface area contributed by atoms with Crippen LogP contribution in [0.4, 0.5) is 17.3 Å². The lowest BCUT2D eigenvalue weighted by atomic mass is 10.2. The topological polar surface area (TPSA) is 41.1 Å². The van der Waals surface area contributed by atoms with Gasteiger partial charge in [0.05, 0.1) is 0 Å². The van der Waals surface area contributed by atoms with E-state index in [0.29, 0.717) is 0 Å². The molecule has 0 spiro atoms. The summed E-state index contributed by atoms with van der Waals surface area (Å²) in [7, 11) is 0. The number of nitrogens with zero attached hydrogens (tertiary/aromatic N) is 3. The zero-order chi connectivity index (χ0) is 14.5. The first-order valence-electron chi connectivity index (χ1n) is 6.76. The van der Waals surface area contributed by atoms with Gasteiger partial charge in [0, 0.05) is 18.8 Å². The van der Waals surface area contributed by atoms with Crippen molar-refractivity contribution in [3.05, 3.63) is 40.6 Å². The minimum absolute atomic E-state index is 0.824. The smallest absolute Gasteiger partial charge is 0.152 e. The molecule has 0 saturated carbocycles. The molecule has 2 aromatic rings. The summed E-state index contributed by atoms with van der Waals surface area (Å²) < 4.78 is 0.895. The fourth-order valence-corrected chi connectivity index (χ4v) is 2.70. The van der Waals surface area contributed by atoms with Crippen LogP contribution in [0, 0.1) is 6.92 Å². The minimum atomic E-state index is 0.824. The van der Waals surface area contributed by atoms with Crippen LogP contribution < -0.4 is 10.2 Å². The third-order valence-electron chi connectivity index (χ3n) is 3.09. The maximum Gasteiger partial charge on any atom is 0.152 e. The molecule has 2 rings (SSSR count). The minimum Gasteiger partial charge on any atom is -0.369 e. The Bertz CT molecular complexity index is 586. The molecule has 1 N–H and O–H groups in total. The van der Waals surface area contributed by atoms with Gasteiger partial charge in [-0.05, 0) is 48.3 Å². The van der Waals surface area contributed by atoms with Crippen LogP contribution in [0.1, 0.15) is 19.4 Å². The van der Waals surface area contributed by atoms with Crippen molar-refractivity contribution in [2.75, 3.05) is 23.3 Å². The maximum atomic E-state index is 4.44. The van der Waals surface area contributed by atoms with E-state index in [1.54, 1.807) is 6.33 Å². The van der Waals surface area contributed by atoms with Gasteiger partial charge >= 0.3 is 0 Å². The third kappa shape index (κ3) is 2.93. The fourth-order valence-electron chi connectivity index (χ4n) is 2.14. The molecular weight excluding hydrogens is 316 g/mol. The van der Waals surface area contributed by atoms with Gasteiger partial charge < -0.3 is 10.2 Å². The number of aromatic nitrogens is 2. The van der Waals surface area contributed by atoms with Gasteiger partial charge in [0.25, 0.3) is 0 Å². The van der Waals surface area contributed by atoms with Crippen molar-refractivity contribution in [2.45, 2.75) is 20.8 Å². The molecule has 4 nitrogen and oxygen atoms in total. The third-order valence-corrected chi connectivity index (χ3v) is 3.82. The van der Waals surface area contributed by atoms with E-state index in [2.05, 4.69) is 62.1 Å². The van der Waals surface area contributed by atoms with Crippen molar-refractivity contribution in [3.8, 4) is 0 Å². The van der Waals surface area contributed by atoms with Crippen LogP contribution in [0.15, 0.2) is 35.1 Å². The second-order valence-electron chi connectivity index (χ2n) is 4.42. The molecule has 0 aliphatic heterocycles. The summed E-state index contributed by atoms with van der Waals surface area (Å²) in [6.07, 6.45) is 1.60. The van der Waals surface area contributed by atoms with Crippen LogP contribution >= 0.6 is 15.9 Å². The van der Waals surface area contributed by atoms with E-state index in [0.717, 1.165) is 34.9 Å². The first-order chi connectivity index (χ1) is 9.69. The Hall–Kier alpha value is -1.62. The summed E-state index contributed by atoms with van der Waals surface area (Å²) in [5, 5.41) is 3.24. The van der Waals surface area contributed by atoms with Crippen molar-refractivity contribution in [3.63, 3.8) is 0 Å². The Labute approximate surface area is 128 Å². The predicted molar refractivity (Wildman–Crippen MR) is 87.8 cm³/mol. The standard InChI is InChI=1S/C15H19BrN4/c1-4-17-14-13(16)15(19-10-18-14)20(5-2)12-9-7-6-8-11(12)3/h6-10H,4-5H2,1-3H3,(H,17,18,19). The number of hydrogen-bond acceptors (Lipinski definition) is 4. The molecule has 0 fully saturated rings. The summed E-state index contributed by atoms with van der Waals surface area (Å²) in [4.78, 5) is 10.9. The highest BCUT2D eigenvalue weighted by Crippen LogP contribution is 2.34. The molecule has 106 valence electrons. The number of anilines is 3. The zero-order valence-electron chi connectivity index (χ0n) is 12.0. The molecule has 0 bridgehead atoms. The van der Waals surface area contributed by atoms with Crippen LogP contribution in [0.2, 0.25) is 0 Å². The molecule has 1 heterocycles. The van der Waals surface area contributed by atoms with Gasteiger partial charge in [0.15, 0.2) is 5.82 Å². The number of benzene rings is 1. The zero-order valence-corrected chi connectivity index (χ0v) is 13.6.